The molecule has 2 nitrogen and oxygen atoms in total. The molecule has 1 aromatic carbocycles. The van der Waals surface area contributed by atoms with Crippen LogP contribution in [0.3, 0.4) is 0 Å². The minimum Gasteiger partial charge on any atom is -0.378 e. The second kappa shape index (κ2) is 5.85. The summed E-state index contributed by atoms with van der Waals surface area (Å²) in [4.78, 5) is 4.35. The summed E-state index contributed by atoms with van der Waals surface area (Å²) in [5.74, 6) is 0. The van der Waals surface area contributed by atoms with Gasteiger partial charge in [-0.3, -0.25) is 0 Å². The first-order valence-corrected chi connectivity index (χ1v) is 6.92. The van der Waals surface area contributed by atoms with Gasteiger partial charge in [-0.05, 0) is 62.2 Å². The molecule has 0 radical (unpaired) electrons. The molecule has 0 atom stereocenters. The normalized spacial score (nSPS) is 10.3. The van der Waals surface area contributed by atoms with Crippen molar-refractivity contribution in [3.05, 3.63) is 56.2 Å². The van der Waals surface area contributed by atoms with Gasteiger partial charge in [0.05, 0.1) is 17.9 Å². The first-order valence-electron chi connectivity index (χ1n) is 4.95. The number of pyridine rings is 1. The van der Waals surface area contributed by atoms with Gasteiger partial charge in [-0.1, -0.05) is 17.7 Å². The number of hydrogen-bond acceptors (Lipinski definition) is 2. The zero-order valence-corrected chi connectivity index (χ0v) is 12.7. The highest BCUT2D eigenvalue weighted by Crippen LogP contribution is 2.26. The Labute approximate surface area is 122 Å². The fourth-order valence-electron chi connectivity index (χ4n) is 1.37. The second-order valence-corrected chi connectivity index (χ2v) is 5.53. The van der Waals surface area contributed by atoms with Crippen LogP contribution in [0.25, 0.3) is 0 Å². The number of halogens is 3. The van der Waals surface area contributed by atoms with E-state index in [0.717, 1.165) is 20.5 Å². The highest BCUT2D eigenvalue weighted by Gasteiger charge is 2.01. The van der Waals surface area contributed by atoms with Crippen LogP contribution in [-0.4, -0.2) is 4.98 Å². The zero-order chi connectivity index (χ0) is 12.3. The van der Waals surface area contributed by atoms with Gasteiger partial charge < -0.3 is 5.32 Å². The molecule has 88 valence electrons. The maximum absolute atomic E-state index is 5.94. The van der Waals surface area contributed by atoms with Gasteiger partial charge in [0.1, 0.15) is 4.60 Å². The Morgan fingerprint density at radius 3 is 2.76 bits per heavy atom. The average molecular weight is 376 g/mol. The topological polar surface area (TPSA) is 24.9 Å². The molecule has 0 saturated heterocycles. The molecule has 2 rings (SSSR count). The molecule has 1 N–H and O–H groups in total. The lowest BCUT2D eigenvalue weighted by molar-refractivity contribution is 1.03. The third-order valence-electron chi connectivity index (χ3n) is 2.16. The van der Waals surface area contributed by atoms with E-state index in [1.165, 1.54) is 0 Å². The number of nitrogens with zero attached hydrogens (tertiary/aromatic N) is 1. The van der Waals surface area contributed by atoms with Crippen molar-refractivity contribution in [2.75, 3.05) is 5.32 Å². The van der Waals surface area contributed by atoms with Crippen LogP contribution in [0.2, 0.25) is 5.02 Å². The summed E-state index contributed by atoms with van der Waals surface area (Å²) in [6, 6.07) is 11.5. The maximum Gasteiger partial charge on any atom is 0.106 e. The van der Waals surface area contributed by atoms with Crippen molar-refractivity contribution in [1.82, 2.24) is 4.98 Å². The van der Waals surface area contributed by atoms with Crippen LogP contribution in [-0.2, 0) is 6.54 Å². The van der Waals surface area contributed by atoms with Crippen LogP contribution >= 0.6 is 43.5 Å². The number of hydrogen-bond donors (Lipinski definition) is 1. The molecular formula is C12H9Br2ClN2. The number of rotatable bonds is 3. The molecule has 1 aromatic heterocycles. The Bertz CT molecular complexity index is 532. The molecule has 0 aliphatic carbocycles. The molecule has 2 aromatic rings. The van der Waals surface area contributed by atoms with Crippen molar-refractivity contribution < 1.29 is 0 Å². The highest BCUT2D eigenvalue weighted by atomic mass is 79.9. The fourth-order valence-corrected chi connectivity index (χ4v) is 2.31. The van der Waals surface area contributed by atoms with Crippen molar-refractivity contribution >= 4 is 49.1 Å². The van der Waals surface area contributed by atoms with E-state index in [4.69, 9.17) is 11.6 Å². The van der Waals surface area contributed by atoms with Gasteiger partial charge in [0.2, 0.25) is 0 Å². The Kier molecular flexibility index (Phi) is 4.42. The molecule has 0 spiro atoms. The van der Waals surface area contributed by atoms with Crippen LogP contribution in [0.5, 0.6) is 0 Å². The average Bonchev–Trinajstić information content (AvgIpc) is 2.30. The Morgan fingerprint density at radius 1 is 1.18 bits per heavy atom. The van der Waals surface area contributed by atoms with E-state index < -0.39 is 0 Å². The summed E-state index contributed by atoms with van der Waals surface area (Å²) in [6.45, 7) is 0.651. The summed E-state index contributed by atoms with van der Waals surface area (Å²) in [5, 5.41) is 3.99. The van der Waals surface area contributed by atoms with Crippen molar-refractivity contribution in [3.63, 3.8) is 0 Å². The van der Waals surface area contributed by atoms with E-state index in [-0.39, 0.29) is 0 Å². The molecule has 1 heterocycles. The molecule has 17 heavy (non-hydrogen) atoms. The van der Waals surface area contributed by atoms with E-state index in [1.807, 2.05) is 36.4 Å². The third kappa shape index (κ3) is 3.69. The molecule has 0 aliphatic heterocycles. The highest BCUT2D eigenvalue weighted by molar-refractivity contribution is 9.10. The summed E-state index contributed by atoms with van der Waals surface area (Å²) >= 11 is 12.8. The van der Waals surface area contributed by atoms with Crippen molar-refractivity contribution in [2.24, 2.45) is 0 Å². The monoisotopic (exact) mass is 374 g/mol. The number of nitrogens with one attached hydrogen (secondary N) is 1. The summed E-state index contributed by atoms with van der Waals surface area (Å²) in [7, 11) is 0. The van der Waals surface area contributed by atoms with Gasteiger partial charge in [0.15, 0.2) is 0 Å². The van der Waals surface area contributed by atoms with Gasteiger partial charge in [0, 0.05) is 9.50 Å². The van der Waals surface area contributed by atoms with E-state index in [2.05, 4.69) is 42.2 Å². The van der Waals surface area contributed by atoms with Gasteiger partial charge in [0.25, 0.3) is 0 Å². The first kappa shape index (κ1) is 12.9. The van der Waals surface area contributed by atoms with Crippen LogP contribution in [0.15, 0.2) is 45.5 Å². The summed E-state index contributed by atoms with van der Waals surface area (Å²) in [6.07, 6.45) is 0. The summed E-state index contributed by atoms with van der Waals surface area (Å²) in [5.41, 5.74) is 1.92. The van der Waals surface area contributed by atoms with Crippen molar-refractivity contribution in [2.45, 2.75) is 6.54 Å². The zero-order valence-electron chi connectivity index (χ0n) is 8.75. The second-order valence-electron chi connectivity index (χ2n) is 3.43. The first-order chi connectivity index (χ1) is 8.15. The Balaban J connectivity index is 2.09. The fraction of sp³-hybridized carbons (Fsp3) is 0.0833. The molecule has 0 amide bonds. The molecule has 0 unspecified atom stereocenters. The van der Waals surface area contributed by atoms with Gasteiger partial charge >= 0.3 is 0 Å². The lowest BCUT2D eigenvalue weighted by Gasteiger charge is -2.08. The van der Waals surface area contributed by atoms with Gasteiger partial charge in [-0.15, -0.1) is 0 Å². The smallest absolute Gasteiger partial charge is 0.106 e. The molecular weight excluding hydrogens is 367 g/mol. The van der Waals surface area contributed by atoms with E-state index in [9.17, 15) is 0 Å². The molecule has 0 bridgehead atoms. The van der Waals surface area contributed by atoms with Gasteiger partial charge in [-0.25, -0.2) is 4.98 Å². The predicted octanol–water partition coefficient (Wildman–Crippen LogP) is 4.87. The van der Waals surface area contributed by atoms with Crippen LogP contribution < -0.4 is 5.32 Å². The van der Waals surface area contributed by atoms with E-state index >= 15 is 0 Å². The largest absolute Gasteiger partial charge is 0.378 e. The Morgan fingerprint density at radius 2 is 2.00 bits per heavy atom. The molecule has 0 saturated carbocycles. The van der Waals surface area contributed by atoms with Crippen LogP contribution in [0.1, 0.15) is 5.69 Å². The van der Waals surface area contributed by atoms with Crippen molar-refractivity contribution in [1.29, 1.82) is 0 Å². The molecule has 5 heteroatoms. The number of benzene rings is 1. The predicted molar refractivity (Wildman–Crippen MR) is 78.4 cm³/mol. The number of anilines is 1. The lowest BCUT2D eigenvalue weighted by atomic mass is 10.3. The quantitative estimate of drug-likeness (QED) is 0.773. The summed E-state index contributed by atoms with van der Waals surface area (Å²) < 4.78 is 1.82. The lowest BCUT2D eigenvalue weighted by Crippen LogP contribution is -2.02. The SMILES string of the molecule is Clc1ccc(Br)c(NCc2cccc(Br)n2)c1. The molecule has 0 fully saturated rings. The van der Waals surface area contributed by atoms with E-state index in [0.29, 0.717) is 11.6 Å². The van der Waals surface area contributed by atoms with Crippen LogP contribution in [0, 0.1) is 0 Å². The maximum atomic E-state index is 5.94. The minimum absolute atomic E-state index is 0.651. The van der Waals surface area contributed by atoms with Crippen molar-refractivity contribution in [3.8, 4) is 0 Å². The Hall–Kier alpha value is -0.580. The van der Waals surface area contributed by atoms with E-state index in [1.54, 1.807) is 0 Å². The third-order valence-corrected chi connectivity index (χ3v) is 3.53. The van der Waals surface area contributed by atoms with Gasteiger partial charge in [-0.2, -0.15) is 0 Å². The van der Waals surface area contributed by atoms with Crippen LogP contribution in [0.4, 0.5) is 5.69 Å². The minimum atomic E-state index is 0.651. The molecule has 0 aliphatic rings. The standard InChI is InChI=1S/C12H9Br2ClN2/c13-10-5-4-8(15)6-11(10)16-7-9-2-1-3-12(14)17-9/h1-6,16H,7H2. The number of aromatic nitrogens is 1.